The molecule has 0 radical (unpaired) electrons. The summed E-state index contributed by atoms with van der Waals surface area (Å²) in [4.78, 5) is 11.4. The average molecular weight is 400 g/mol. The molecule has 28 heavy (non-hydrogen) atoms. The monoisotopic (exact) mass is 399 g/mol. The predicted octanol–water partition coefficient (Wildman–Crippen LogP) is 3.28. The Hall–Kier alpha value is -2.11. The number of aliphatic imine (C=N–C) groups is 1. The lowest BCUT2D eigenvalue weighted by atomic mass is 10.00. The van der Waals surface area contributed by atoms with Crippen LogP contribution in [0.4, 0.5) is 0 Å². The van der Waals surface area contributed by atoms with Crippen molar-refractivity contribution in [1.29, 1.82) is 0 Å². The number of rotatable bonds is 8. The second-order valence-electron chi connectivity index (χ2n) is 7.08. The molecule has 6 heteroatoms. The number of nitrogens with zero attached hydrogens (tertiary/aromatic N) is 3. The van der Waals surface area contributed by atoms with E-state index in [2.05, 4.69) is 51.7 Å². The summed E-state index contributed by atoms with van der Waals surface area (Å²) in [6, 6.07) is 12.6. The summed E-state index contributed by atoms with van der Waals surface area (Å²) in [6.07, 6.45) is 4.94. The third kappa shape index (κ3) is 6.50. The van der Waals surface area contributed by atoms with Crippen molar-refractivity contribution in [1.82, 2.24) is 20.5 Å². The highest BCUT2D eigenvalue weighted by molar-refractivity contribution is 6.29. The van der Waals surface area contributed by atoms with E-state index < -0.39 is 0 Å². The molecule has 0 unspecified atom stereocenters. The molecule has 0 saturated carbocycles. The zero-order valence-electron chi connectivity index (χ0n) is 16.6. The van der Waals surface area contributed by atoms with E-state index in [1.807, 2.05) is 18.3 Å². The van der Waals surface area contributed by atoms with Gasteiger partial charge in [-0.1, -0.05) is 41.9 Å². The minimum atomic E-state index is 0.531. The third-order valence-electron chi connectivity index (χ3n) is 4.95. The Bertz CT molecular complexity index is 760. The van der Waals surface area contributed by atoms with Crippen LogP contribution in [0.1, 0.15) is 30.0 Å². The predicted molar refractivity (Wildman–Crippen MR) is 117 cm³/mol. The molecule has 2 aromatic rings. The van der Waals surface area contributed by atoms with E-state index in [4.69, 9.17) is 16.6 Å². The van der Waals surface area contributed by atoms with Gasteiger partial charge in [0.05, 0.1) is 0 Å². The van der Waals surface area contributed by atoms with Crippen molar-refractivity contribution in [3.8, 4) is 0 Å². The number of halogens is 1. The molecule has 150 valence electrons. The fourth-order valence-corrected chi connectivity index (χ4v) is 3.56. The maximum atomic E-state index is 5.83. The third-order valence-corrected chi connectivity index (χ3v) is 5.17. The summed E-state index contributed by atoms with van der Waals surface area (Å²) in [5.41, 5.74) is 4.15. The number of benzene rings is 1. The van der Waals surface area contributed by atoms with E-state index in [1.165, 1.54) is 11.1 Å². The number of aromatic nitrogens is 1. The molecular weight excluding hydrogens is 370 g/mol. The van der Waals surface area contributed by atoms with Gasteiger partial charge in [-0.2, -0.15) is 0 Å². The highest BCUT2D eigenvalue weighted by Gasteiger charge is 2.14. The van der Waals surface area contributed by atoms with Gasteiger partial charge >= 0.3 is 0 Å². The van der Waals surface area contributed by atoms with Crippen LogP contribution in [0.25, 0.3) is 0 Å². The Balaban J connectivity index is 1.38. The topological polar surface area (TPSA) is 52.6 Å². The highest BCUT2D eigenvalue weighted by Crippen LogP contribution is 2.18. The summed E-state index contributed by atoms with van der Waals surface area (Å²) in [5.74, 6) is 0.883. The van der Waals surface area contributed by atoms with Gasteiger partial charge in [0.25, 0.3) is 0 Å². The van der Waals surface area contributed by atoms with E-state index in [0.29, 0.717) is 5.15 Å². The molecule has 0 atom stereocenters. The van der Waals surface area contributed by atoms with Crippen LogP contribution in [0.15, 0.2) is 47.6 Å². The van der Waals surface area contributed by atoms with Gasteiger partial charge in [-0.05, 0) is 48.9 Å². The van der Waals surface area contributed by atoms with Crippen molar-refractivity contribution in [3.05, 3.63) is 64.4 Å². The van der Waals surface area contributed by atoms with Crippen molar-refractivity contribution in [2.45, 2.75) is 32.7 Å². The molecule has 0 bridgehead atoms. The summed E-state index contributed by atoms with van der Waals surface area (Å²) in [5, 5.41) is 7.25. The van der Waals surface area contributed by atoms with Gasteiger partial charge in [-0.15, -0.1) is 0 Å². The summed E-state index contributed by atoms with van der Waals surface area (Å²) in [6.45, 7) is 7.89. The van der Waals surface area contributed by atoms with E-state index in [9.17, 15) is 0 Å². The van der Waals surface area contributed by atoms with E-state index in [1.54, 1.807) is 0 Å². The Morgan fingerprint density at radius 1 is 1.18 bits per heavy atom. The van der Waals surface area contributed by atoms with Gasteiger partial charge in [0.1, 0.15) is 5.15 Å². The minimum Gasteiger partial charge on any atom is -0.357 e. The van der Waals surface area contributed by atoms with Gasteiger partial charge < -0.3 is 10.6 Å². The zero-order valence-corrected chi connectivity index (χ0v) is 17.4. The summed E-state index contributed by atoms with van der Waals surface area (Å²) in [7, 11) is 0. The molecule has 0 spiro atoms. The van der Waals surface area contributed by atoms with Crippen LogP contribution in [0, 0.1) is 0 Å². The van der Waals surface area contributed by atoms with E-state index in [0.717, 1.165) is 70.1 Å². The summed E-state index contributed by atoms with van der Waals surface area (Å²) >= 11 is 5.83. The van der Waals surface area contributed by atoms with Crippen LogP contribution < -0.4 is 10.6 Å². The van der Waals surface area contributed by atoms with Crippen molar-refractivity contribution in [2.24, 2.45) is 4.99 Å². The first-order chi connectivity index (χ1) is 13.7. The standard InChI is InChI=1S/C22H30ClN5/c1-2-24-22(26-13-10-18-8-9-21(23)27-16-18)25-12-5-14-28-15-11-19-6-3-4-7-20(19)17-28/h3-4,6-9,16H,2,5,10-15,17H2,1H3,(H2,24,25,26). The average Bonchev–Trinajstić information content (AvgIpc) is 2.72. The molecule has 1 aliphatic heterocycles. The smallest absolute Gasteiger partial charge is 0.191 e. The quantitative estimate of drug-likeness (QED) is 0.309. The van der Waals surface area contributed by atoms with Crippen LogP contribution in [-0.2, 0) is 19.4 Å². The molecule has 5 nitrogen and oxygen atoms in total. The second-order valence-corrected chi connectivity index (χ2v) is 7.46. The van der Waals surface area contributed by atoms with Crippen LogP contribution in [0.3, 0.4) is 0 Å². The van der Waals surface area contributed by atoms with Crippen molar-refractivity contribution >= 4 is 17.6 Å². The van der Waals surface area contributed by atoms with E-state index in [-0.39, 0.29) is 0 Å². The van der Waals surface area contributed by atoms with Crippen LogP contribution in [0.2, 0.25) is 5.15 Å². The Morgan fingerprint density at radius 3 is 2.82 bits per heavy atom. The molecular formula is C22H30ClN5. The maximum Gasteiger partial charge on any atom is 0.191 e. The molecule has 0 aliphatic carbocycles. The van der Waals surface area contributed by atoms with Gasteiger partial charge in [-0.3, -0.25) is 9.89 Å². The Labute approximate surface area is 173 Å². The lowest BCUT2D eigenvalue weighted by molar-refractivity contribution is 0.252. The number of pyridine rings is 1. The highest BCUT2D eigenvalue weighted by atomic mass is 35.5. The molecule has 3 rings (SSSR count). The van der Waals surface area contributed by atoms with Gasteiger partial charge in [-0.25, -0.2) is 4.98 Å². The second kappa shape index (κ2) is 11.0. The molecule has 1 aromatic heterocycles. The van der Waals surface area contributed by atoms with Crippen molar-refractivity contribution < 1.29 is 0 Å². The van der Waals surface area contributed by atoms with Gasteiger partial charge in [0.15, 0.2) is 5.96 Å². The fourth-order valence-electron chi connectivity index (χ4n) is 3.45. The summed E-state index contributed by atoms with van der Waals surface area (Å²) < 4.78 is 0. The molecule has 2 N–H and O–H groups in total. The first-order valence-electron chi connectivity index (χ1n) is 10.2. The van der Waals surface area contributed by atoms with Crippen LogP contribution in [-0.4, -0.2) is 48.6 Å². The van der Waals surface area contributed by atoms with Crippen molar-refractivity contribution in [3.63, 3.8) is 0 Å². The molecule has 1 aromatic carbocycles. The first-order valence-corrected chi connectivity index (χ1v) is 10.5. The SMILES string of the molecule is CCNC(=NCCCN1CCc2ccccc2C1)NCCc1ccc(Cl)nc1. The molecule has 2 heterocycles. The molecule has 0 fully saturated rings. The molecule has 0 saturated heterocycles. The van der Waals surface area contributed by atoms with Crippen molar-refractivity contribution in [2.75, 3.05) is 32.7 Å². The van der Waals surface area contributed by atoms with Crippen LogP contribution >= 0.6 is 11.6 Å². The largest absolute Gasteiger partial charge is 0.357 e. The first kappa shape index (κ1) is 20.6. The van der Waals surface area contributed by atoms with Gasteiger partial charge in [0, 0.05) is 45.5 Å². The number of fused-ring (bicyclic) bond motifs is 1. The lowest BCUT2D eigenvalue weighted by Gasteiger charge is -2.28. The van der Waals surface area contributed by atoms with Gasteiger partial charge in [0.2, 0.25) is 0 Å². The fraction of sp³-hybridized carbons (Fsp3) is 0.455. The zero-order chi connectivity index (χ0) is 19.6. The number of guanidine groups is 1. The Kier molecular flexibility index (Phi) is 8.12. The minimum absolute atomic E-state index is 0.531. The molecule has 1 aliphatic rings. The number of hydrogen-bond acceptors (Lipinski definition) is 3. The number of nitrogens with one attached hydrogen (secondary N) is 2. The molecule has 0 amide bonds. The number of hydrogen-bond donors (Lipinski definition) is 2. The van der Waals surface area contributed by atoms with Crippen LogP contribution in [0.5, 0.6) is 0 Å². The Morgan fingerprint density at radius 2 is 2.04 bits per heavy atom. The maximum absolute atomic E-state index is 5.83. The lowest BCUT2D eigenvalue weighted by Crippen LogP contribution is -2.38. The normalized spacial score (nSPS) is 14.6. The van der Waals surface area contributed by atoms with E-state index >= 15 is 0 Å².